The van der Waals surface area contributed by atoms with Gasteiger partial charge >= 0.3 is 0 Å². The molecule has 1 atom stereocenters. The molecule has 0 bridgehead atoms. The summed E-state index contributed by atoms with van der Waals surface area (Å²) in [6.07, 6.45) is 1.33. The Morgan fingerprint density at radius 2 is 1.58 bits per heavy atom. The second-order valence-corrected chi connectivity index (χ2v) is 4.60. The molecule has 0 aliphatic rings. The molecule has 0 spiro atoms. The molecule has 2 rings (SSSR count). The Hall–Kier alpha value is -2.09. The molecule has 19 heavy (non-hydrogen) atoms. The highest BCUT2D eigenvalue weighted by Gasteiger charge is 2.12. The first-order valence-corrected chi connectivity index (χ1v) is 6.68. The van der Waals surface area contributed by atoms with Crippen molar-refractivity contribution in [3.8, 4) is 0 Å². The number of carbonyl (C=O) groups is 1. The number of hydrogen-bond acceptors (Lipinski definition) is 1. The molecule has 0 saturated heterocycles. The van der Waals surface area contributed by atoms with E-state index in [1.165, 1.54) is 0 Å². The van der Waals surface area contributed by atoms with Crippen molar-refractivity contribution < 1.29 is 4.79 Å². The minimum Gasteiger partial charge on any atom is -0.349 e. The molecule has 0 aliphatic carbocycles. The van der Waals surface area contributed by atoms with E-state index in [0.29, 0.717) is 6.42 Å². The summed E-state index contributed by atoms with van der Waals surface area (Å²) in [6.45, 7) is 2.08. The molecule has 1 N–H and O–H groups in total. The van der Waals surface area contributed by atoms with Crippen LogP contribution in [0.5, 0.6) is 0 Å². The molecular weight excluding hydrogens is 234 g/mol. The Morgan fingerprint density at radius 3 is 2.16 bits per heavy atom. The maximum absolute atomic E-state index is 12.0. The molecular formula is C17H19NO. The molecule has 0 saturated carbocycles. The maximum Gasteiger partial charge on any atom is 0.224 e. The summed E-state index contributed by atoms with van der Waals surface area (Å²) < 4.78 is 0. The quantitative estimate of drug-likeness (QED) is 0.868. The van der Waals surface area contributed by atoms with Crippen LogP contribution in [0.1, 0.15) is 30.5 Å². The second kappa shape index (κ2) is 6.74. The number of hydrogen-bond donors (Lipinski definition) is 1. The molecule has 0 radical (unpaired) electrons. The van der Waals surface area contributed by atoms with Crippen molar-refractivity contribution in [1.82, 2.24) is 5.32 Å². The third kappa shape index (κ3) is 3.95. The Morgan fingerprint density at radius 1 is 1.00 bits per heavy atom. The van der Waals surface area contributed by atoms with Crippen LogP contribution in [0.2, 0.25) is 0 Å². The molecule has 98 valence electrons. The summed E-state index contributed by atoms with van der Waals surface area (Å²) in [5.41, 5.74) is 2.20. The number of amides is 1. The van der Waals surface area contributed by atoms with Crippen LogP contribution in [0.3, 0.4) is 0 Å². The average molecular weight is 253 g/mol. The molecule has 0 fully saturated rings. The molecule has 1 unspecified atom stereocenters. The molecule has 1 amide bonds. The average Bonchev–Trinajstić information content (AvgIpc) is 2.47. The fraction of sp³-hybridized carbons (Fsp3) is 0.235. The molecule has 2 nitrogen and oxygen atoms in total. The molecule has 2 aromatic carbocycles. The van der Waals surface area contributed by atoms with E-state index in [1.54, 1.807) is 0 Å². The van der Waals surface area contributed by atoms with Gasteiger partial charge in [-0.15, -0.1) is 0 Å². The van der Waals surface area contributed by atoms with E-state index in [-0.39, 0.29) is 11.9 Å². The normalized spacial score (nSPS) is 11.8. The lowest BCUT2D eigenvalue weighted by Gasteiger charge is -2.17. The Labute approximate surface area is 114 Å². The molecule has 0 aliphatic heterocycles. The van der Waals surface area contributed by atoms with Crippen molar-refractivity contribution in [2.24, 2.45) is 0 Å². The van der Waals surface area contributed by atoms with Gasteiger partial charge in [0.2, 0.25) is 5.91 Å². The monoisotopic (exact) mass is 253 g/mol. The Kier molecular flexibility index (Phi) is 4.73. The SMILES string of the molecule is CCC(NC(=O)Cc1ccccc1)c1ccccc1. The third-order valence-corrected chi connectivity index (χ3v) is 3.15. The van der Waals surface area contributed by atoms with Gasteiger partial charge in [-0.3, -0.25) is 4.79 Å². The van der Waals surface area contributed by atoms with E-state index in [1.807, 2.05) is 48.5 Å². The fourth-order valence-corrected chi connectivity index (χ4v) is 2.13. The summed E-state index contributed by atoms with van der Waals surface area (Å²) in [4.78, 5) is 12.0. The van der Waals surface area contributed by atoms with E-state index in [0.717, 1.165) is 17.5 Å². The van der Waals surface area contributed by atoms with Gasteiger partial charge in [-0.25, -0.2) is 0 Å². The summed E-state index contributed by atoms with van der Waals surface area (Å²) in [7, 11) is 0. The van der Waals surface area contributed by atoms with E-state index in [4.69, 9.17) is 0 Å². The summed E-state index contributed by atoms with van der Waals surface area (Å²) >= 11 is 0. The molecule has 0 heterocycles. The van der Waals surface area contributed by atoms with Gasteiger partial charge in [0.05, 0.1) is 12.5 Å². The molecule has 2 heteroatoms. The lowest BCUT2D eigenvalue weighted by molar-refractivity contribution is -0.121. The van der Waals surface area contributed by atoms with Crippen molar-refractivity contribution >= 4 is 5.91 Å². The first-order chi connectivity index (χ1) is 9.29. The second-order valence-electron chi connectivity index (χ2n) is 4.60. The minimum atomic E-state index is 0.0712. The van der Waals surface area contributed by atoms with Crippen molar-refractivity contribution in [2.75, 3.05) is 0 Å². The lowest BCUT2D eigenvalue weighted by Crippen LogP contribution is -2.29. The zero-order chi connectivity index (χ0) is 13.5. The van der Waals surface area contributed by atoms with Crippen LogP contribution in [-0.2, 0) is 11.2 Å². The maximum atomic E-state index is 12.0. The fourth-order valence-electron chi connectivity index (χ4n) is 2.13. The van der Waals surface area contributed by atoms with Gasteiger partial charge in [-0.1, -0.05) is 67.6 Å². The van der Waals surface area contributed by atoms with Gasteiger partial charge in [0.1, 0.15) is 0 Å². The Balaban J connectivity index is 1.97. The number of rotatable bonds is 5. The number of nitrogens with one attached hydrogen (secondary N) is 1. The molecule has 0 aromatic heterocycles. The van der Waals surface area contributed by atoms with Crippen LogP contribution < -0.4 is 5.32 Å². The van der Waals surface area contributed by atoms with Gasteiger partial charge < -0.3 is 5.32 Å². The molecule has 2 aromatic rings. The standard InChI is InChI=1S/C17H19NO/c1-2-16(15-11-7-4-8-12-15)18-17(19)13-14-9-5-3-6-10-14/h3-12,16H,2,13H2,1H3,(H,18,19). The van der Waals surface area contributed by atoms with Crippen LogP contribution in [0, 0.1) is 0 Å². The first kappa shape index (κ1) is 13.3. The van der Waals surface area contributed by atoms with E-state index in [2.05, 4.69) is 24.4 Å². The van der Waals surface area contributed by atoms with E-state index < -0.39 is 0 Å². The van der Waals surface area contributed by atoms with Crippen molar-refractivity contribution in [1.29, 1.82) is 0 Å². The van der Waals surface area contributed by atoms with Crippen molar-refractivity contribution in [3.63, 3.8) is 0 Å². The number of benzene rings is 2. The minimum absolute atomic E-state index is 0.0712. The first-order valence-electron chi connectivity index (χ1n) is 6.68. The zero-order valence-corrected chi connectivity index (χ0v) is 11.2. The largest absolute Gasteiger partial charge is 0.349 e. The van der Waals surface area contributed by atoms with Crippen LogP contribution in [0.4, 0.5) is 0 Å². The lowest BCUT2D eigenvalue weighted by atomic mass is 10.0. The number of carbonyl (C=O) groups excluding carboxylic acids is 1. The highest BCUT2D eigenvalue weighted by molar-refractivity contribution is 5.79. The van der Waals surface area contributed by atoms with Crippen LogP contribution >= 0.6 is 0 Å². The van der Waals surface area contributed by atoms with Gasteiger partial charge in [-0.2, -0.15) is 0 Å². The topological polar surface area (TPSA) is 29.1 Å². The highest BCUT2D eigenvalue weighted by atomic mass is 16.1. The predicted octanol–water partition coefficient (Wildman–Crippen LogP) is 3.50. The highest BCUT2D eigenvalue weighted by Crippen LogP contribution is 2.16. The zero-order valence-electron chi connectivity index (χ0n) is 11.2. The Bertz CT molecular complexity index is 507. The van der Waals surface area contributed by atoms with Crippen LogP contribution in [0.15, 0.2) is 60.7 Å². The predicted molar refractivity (Wildman–Crippen MR) is 77.8 cm³/mol. The summed E-state index contributed by atoms with van der Waals surface area (Å²) in [5, 5.41) is 3.09. The summed E-state index contributed by atoms with van der Waals surface area (Å²) in [6, 6.07) is 20.0. The van der Waals surface area contributed by atoms with E-state index >= 15 is 0 Å². The van der Waals surface area contributed by atoms with E-state index in [9.17, 15) is 4.79 Å². The van der Waals surface area contributed by atoms with Gasteiger partial charge in [-0.05, 0) is 17.5 Å². The smallest absolute Gasteiger partial charge is 0.224 e. The van der Waals surface area contributed by atoms with Gasteiger partial charge in [0, 0.05) is 0 Å². The van der Waals surface area contributed by atoms with Crippen LogP contribution in [-0.4, -0.2) is 5.91 Å². The van der Waals surface area contributed by atoms with Crippen LogP contribution in [0.25, 0.3) is 0 Å². The van der Waals surface area contributed by atoms with Gasteiger partial charge in [0.25, 0.3) is 0 Å². The van der Waals surface area contributed by atoms with Crippen molar-refractivity contribution in [3.05, 3.63) is 71.8 Å². The summed E-state index contributed by atoms with van der Waals surface area (Å²) in [5.74, 6) is 0.0712. The van der Waals surface area contributed by atoms with Crippen molar-refractivity contribution in [2.45, 2.75) is 25.8 Å². The third-order valence-electron chi connectivity index (χ3n) is 3.15. The van der Waals surface area contributed by atoms with Gasteiger partial charge in [0.15, 0.2) is 0 Å².